The Bertz CT molecular complexity index is 715. The van der Waals surface area contributed by atoms with Gasteiger partial charge in [-0.05, 0) is 49.3 Å². The highest BCUT2D eigenvalue weighted by atomic mass is 32.2. The van der Waals surface area contributed by atoms with Crippen molar-refractivity contribution in [3.05, 3.63) is 29.8 Å². The summed E-state index contributed by atoms with van der Waals surface area (Å²) in [5, 5.41) is 11.9. The van der Waals surface area contributed by atoms with Gasteiger partial charge in [-0.25, -0.2) is 18.5 Å². The predicted molar refractivity (Wildman–Crippen MR) is 103 cm³/mol. The lowest BCUT2D eigenvalue weighted by atomic mass is 9.67. The summed E-state index contributed by atoms with van der Waals surface area (Å²) >= 11 is 0. The van der Waals surface area contributed by atoms with Crippen LogP contribution >= 0.6 is 0 Å². The fourth-order valence-corrected chi connectivity index (χ4v) is 3.70. The highest BCUT2D eigenvalue weighted by Gasteiger charge is 2.36. The van der Waals surface area contributed by atoms with Crippen LogP contribution in [0.25, 0.3) is 0 Å². The van der Waals surface area contributed by atoms with Crippen LogP contribution in [0.5, 0.6) is 0 Å². The average molecular weight is 383 g/mol. The van der Waals surface area contributed by atoms with Crippen LogP contribution in [0, 0.1) is 5.41 Å². The lowest BCUT2D eigenvalue weighted by Gasteiger charge is -2.42. The van der Waals surface area contributed by atoms with Crippen molar-refractivity contribution >= 4 is 16.0 Å². The van der Waals surface area contributed by atoms with E-state index in [9.17, 15) is 8.42 Å². The Kier molecular flexibility index (Phi) is 7.43. The molecule has 0 bridgehead atoms. The van der Waals surface area contributed by atoms with Crippen LogP contribution in [0.15, 0.2) is 34.2 Å². The van der Waals surface area contributed by atoms with Crippen LogP contribution in [0.3, 0.4) is 0 Å². The van der Waals surface area contributed by atoms with Gasteiger partial charge in [-0.1, -0.05) is 18.6 Å². The molecule has 1 saturated carbocycles. The summed E-state index contributed by atoms with van der Waals surface area (Å²) in [5.74, 6) is 0.734. The molecule has 8 heteroatoms. The van der Waals surface area contributed by atoms with Crippen molar-refractivity contribution in [3.8, 4) is 0 Å². The van der Waals surface area contributed by atoms with Gasteiger partial charge in [0, 0.05) is 26.8 Å². The topological polar surface area (TPSA) is 106 Å². The molecule has 7 nitrogen and oxygen atoms in total. The van der Waals surface area contributed by atoms with Crippen molar-refractivity contribution in [1.29, 1.82) is 0 Å². The fourth-order valence-electron chi connectivity index (χ4n) is 3.11. The number of hydrogen-bond acceptors (Lipinski definition) is 4. The first-order chi connectivity index (χ1) is 12.4. The number of methoxy groups -OCH3 is 1. The maximum atomic E-state index is 11.5. The molecule has 0 spiro atoms. The summed E-state index contributed by atoms with van der Waals surface area (Å²) in [6.07, 6.45) is 4.73. The molecule has 4 N–H and O–H groups in total. The van der Waals surface area contributed by atoms with Crippen molar-refractivity contribution in [2.75, 3.05) is 26.8 Å². The molecular weight excluding hydrogens is 352 g/mol. The molecule has 1 aliphatic carbocycles. The van der Waals surface area contributed by atoms with Crippen molar-refractivity contribution in [1.82, 2.24) is 10.6 Å². The first kappa shape index (κ1) is 20.7. The molecule has 1 aliphatic rings. The SMILES string of the molecule is CCNC(=NCc1cccc(S(N)(=O)=O)c1)NCC1(CCOC)CCC1. The van der Waals surface area contributed by atoms with Gasteiger partial charge >= 0.3 is 0 Å². The molecule has 0 unspecified atom stereocenters. The summed E-state index contributed by atoms with van der Waals surface area (Å²) in [6, 6.07) is 6.57. The molecule has 0 radical (unpaired) electrons. The zero-order chi connectivity index (χ0) is 19.0. The highest BCUT2D eigenvalue weighted by Crippen LogP contribution is 2.43. The quantitative estimate of drug-likeness (QED) is 0.444. The van der Waals surface area contributed by atoms with Gasteiger partial charge in [0.2, 0.25) is 10.0 Å². The molecule has 1 aromatic carbocycles. The third kappa shape index (κ3) is 5.96. The molecule has 0 saturated heterocycles. The standard InChI is InChI=1S/C18H30N4O3S/c1-3-20-17(22-14-18(8-5-9-18)10-11-25-2)21-13-15-6-4-7-16(12-15)26(19,23)24/h4,6-7,12H,3,5,8-11,13-14H2,1-2H3,(H2,19,23,24)(H2,20,21,22). The lowest BCUT2D eigenvalue weighted by molar-refractivity contribution is 0.0732. The first-order valence-electron chi connectivity index (χ1n) is 9.01. The second-order valence-electron chi connectivity index (χ2n) is 6.84. The van der Waals surface area contributed by atoms with Gasteiger partial charge in [0.15, 0.2) is 5.96 Å². The van der Waals surface area contributed by atoms with E-state index < -0.39 is 10.0 Å². The molecule has 1 fully saturated rings. The van der Waals surface area contributed by atoms with E-state index in [4.69, 9.17) is 9.88 Å². The number of benzene rings is 1. The monoisotopic (exact) mass is 382 g/mol. The normalized spacial score (nSPS) is 16.8. The molecule has 1 aromatic rings. The van der Waals surface area contributed by atoms with Gasteiger partial charge in [0.25, 0.3) is 0 Å². The molecular formula is C18H30N4O3S. The Morgan fingerprint density at radius 3 is 2.69 bits per heavy atom. The van der Waals surface area contributed by atoms with Crippen molar-refractivity contribution in [2.45, 2.75) is 44.0 Å². The summed E-state index contributed by atoms with van der Waals surface area (Å²) in [7, 11) is -1.96. The van der Waals surface area contributed by atoms with E-state index in [-0.39, 0.29) is 4.90 Å². The van der Waals surface area contributed by atoms with Gasteiger partial charge < -0.3 is 15.4 Å². The second kappa shape index (κ2) is 9.34. The minimum absolute atomic E-state index is 0.108. The zero-order valence-corrected chi connectivity index (χ0v) is 16.4. The predicted octanol–water partition coefficient (Wildman–Crippen LogP) is 1.60. The van der Waals surface area contributed by atoms with E-state index in [0.717, 1.165) is 37.6 Å². The Balaban J connectivity index is 2.00. The number of rotatable bonds is 9. The fraction of sp³-hybridized carbons (Fsp3) is 0.611. The number of nitrogens with one attached hydrogen (secondary N) is 2. The third-order valence-electron chi connectivity index (χ3n) is 4.87. The highest BCUT2D eigenvalue weighted by molar-refractivity contribution is 7.89. The number of nitrogens with two attached hydrogens (primary N) is 1. The number of sulfonamides is 1. The van der Waals surface area contributed by atoms with E-state index in [2.05, 4.69) is 15.6 Å². The largest absolute Gasteiger partial charge is 0.385 e. The van der Waals surface area contributed by atoms with Crippen LogP contribution in [0.1, 0.15) is 38.2 Å². The average Bonchev–Trinajstić information content (AvgIpc) is 2.58. The molecule has 26 heavy (non-hydrogen) atoms. The number of ether oxygens (including phenoxy) is 1. The number of primary sulfonamides is 1. The first-order valence-corrected chi connectivity index (χ1v) is 10.6. The van der Waals surface area contributed by atoms with Gasteiger partial charge in [0.05, 0.1) is 11.4 Å². The molecule has 0 aliphatic heterocycles. The Hall–Kier alpha value is -1.64. The van der Waals surface area contributed by atoms with E-state index in [1.165, 1.54) is 25.3 Å². The number of hydrogen-bond donors (Lipinski definition) is 3. The summed E-state index contributed by atoms with van der Waals surface area (Å²) in [6.45, 7) is 4.79. The number of guanidine groups is 1. The van der Waals surface area contributed by atoms with Crippen LogP contribution in [0.2, 0.25) is 0 Å². The zero-order valence-electron chi connectivity index (χ0n) is 15.6. The van der Waals surface area contributed by atoms with Crippen LogP contribution in [0.4, 0.5) is 0 Å². The van der Waals surface area contributed by atoms with Crippen LogP contribution in [-0.4, -0.2) is 41.2 Å². The number of aliphatic imine (C=N–C) groups is 1. The van der Waals surface area contributed by atoms with E-state index in [1.807, 2.05) is 13.0 Å². The second-order valence-corrected chi connectivity index (χ2v) is 8.40. The van der Waals surface area contributed by atoms with Crippen molar-refractivity contribution in [2.24, 2.45) is 15.5 Å². The Morgan fingerprint density at radius 2 is 2.12 bits per heavy atom. The molecule has 0 aromatic heterocycles. The smallest absolute Gasteiger partial charge is 0.238 e. The minimum Gasteiger partial charge on any atom is -0.385 e. The summed E-state index contributed by atoms with van der Waals surface area (Å²) in [4.78, 5) is 4.68. The molecule has 146 valence electrons. The molecule has 0 amide bonds. The van der Waals surface area contributed by atoms with Gasteiger partial charge in [0.1, 0.15) is 0 Å². The molecule has 2 rings (SSSR count). The lowest BCUT2D eigenvalue weighted by Crippen LogP contribution is -2.46. The van der Waals surface area contributed by atoms with Gasteiger partial charge in [-0.2, -0.15) is 0 Å². The van der Waals surface area contributed by atoms with Gasteiger partial charge in [-0.3, -0.25) is 0 Å². The molecule has 0 heterocycles. The Labute approximate surface area is 156 Å². The maximum Gasteiger partial charge on any atom is 0.238 e. The van der Waals surface area contributed by atoms with Gasteiger partial charge in [-0.15, -0.1) is 0 Å². The van der Waals surface area contributed by atoms with Crippen molar-refractivity contribution in [3.63, 3.8) is 0 Å². The van der Waals surface area contributed by atoms with Crippen LogP contribution in [-0.2, 0) is 21.3 Å². The van der Waals surface area contributed by atoms with E-state index in [1.54, 1.807) is 19.2 Å². The van der Waals surface area contributed by atoms with E-state index in [0.29, 0.717) is 12.0 Å². The van der Waals surface area contributed by atoms with E-state index >= 15 is 0 Å². The maximum absolute atomic E-state index is 11.5. The van der Waals surface area contributed by atoms with Crippen LogP contribution < -0.4 is 15.8 Å². The third-order valence-corrected chi connectivity index (χ3v) is 5.78. The minimum atomic E-state index is -3.70. The number of nitrogens with zero attached hydrogens (tertiary/aromatic N) is 1. The summed E-state index contributed by atoms with van der Waals surface area (Å²) in [5.41, 5.74) is 1.09. The summed E-state index contributed by atoms with van der Waals surface area (Å²) < 4.78 is 28.2. The van der Waals surface area contributed by atoms with Crippen molar-refractivity contribution < 1.29 is 13.2 Å². The molecule has 0 atom stereocenters. The Morgan fingerprint density at radius 1 is 1.35 bits per heavy atom.